The molecule has 0 atom stereocenters. The summed E-state index contributed by atoms with van der Waals surface area (Å²) < 4.78 is 1.39. The van der Waals surface area contributed by atoms with Crippen molar-refractivity contribution in [2.75, 3.05) is 5.32 Å². The normalized spacial score (nSPS) is 11.9. The highest BCUT2D eigenvalue weighted by atomic mass is 35.5. The van der Waals surface area contributed by atoms with Crippen molar-refractivity contribution < 1.29 is 0 Å². The molecule has 0 saturated heterocycles. The van der Waals surface area contributed by atoms with Crippen LogP contribution in [-0.4, -0.2) is 15.3 Å². The van der Waals surface area contributed by atoms with Crippen LogP contribution in [0.1, 0.15) is 53.5 Å². The topological polar surface area (TPSA) is 46.9 Å². The van der Waals surface area contributed by atoms with Gasteiger partial charge in [-0.2, -0.15) is 5.10 Å². The van der Waals surface area contributed by atoms with Gasteiger partial charge < -0.3 is 5.32 Å². The van der Waals surface area contributed by atoms with Crippen molar-refractivity contribution >= 4 is 17.3 Å². The highest BCUT2D eigenvalue weighted by Crippen LogP contribution is 2.25. The van der Waals surface area contributed by atoms with Gasteiger partial charge in [0.15, 0.2) is 0 Å². The van der Waals surface area contributed by atoms with Gasteiger partial charge in [0.25, 0.3) is 5.56 Å². The summed E-state index contributed by atoms with van der Waals surface area (Å²) in [6.45, 7) is 10.1. The molecule has 1 rings (SSSR count). The zero-order valence-electron chi connectivity index (χ0n) is 11.7. The predicted octanol–water partition coefficient (Wildman–Crippen LogP) is 3.47. The van der Waals surface area contributed by atoms with Crippen LogP contribution < -0.4 is 10.9 Å². The first-order valence-corrected chi connectivity index (χ1v) is 6.78. The maximum Gasteiger partial charge on any atom is 0.287 e. The van der Waals surface area contributed by atoms with Gasteiger partial charge in [0, 0.05) is 5.54 Å². The smallest absolute Gasteiger partial charge is 0.287 e. The molecule has 0 aliphatic heterocycles. The van der Waals surface area contributed by atoms with Crippen molar-refractivity contribution in [3.8, 4) is 0 Å². The van der Waals surface area contributed by atoms with E-state index in [4.69, 9.17) is 11.6 Å². The summed E-state index contributed by atoms with van der Waals surface area (Å²) in [5.74, 6) is 0. The average molecular weight is 272 g/mol. The molecule has 1 heterocycles. The van der Waals surface area contributed by atoms with Crippen LogP contribution in [0.5, 0.6) is 0 Å². The van der Waals surface area contributed by atoms with E-state index < -0.39 is 0 Å². The highest BCUT2D eigenvalue weighted by molar-refractivity contribution is 6.32. The third-order valence-corrected chi connectivity index (χ3v) is 3.80. The lowest BCUT2D eigenvalue weighted by molar-refractivity contribution is 0.474. The molecule has 0 bridgehead atoms. The quantitative estimate of drug-likeness (QED) is 0.892. The van der Waals surface area contributed by atoms with Crippen LogP contribution in [0, 0.1) is 0 Å². The number of rotatable bonds is 5. The van der Waals surface area contributed by atoms with Crippen molar-refractivity contribution in [2.24, 2.45) is 0 Å². The van der Waals surface area contributed by atoms with Crippen molar-refractivity contribution in [1.82, 2.24) is 9.78 Å². The molecule has 0 spiro atoms. The Morgan fingerprint density at radius 2 is 2.00 bits per heavy atom. The number of halogens is 1. The number of hydrogen-bond donors (Lipinski definition) is 1. The molecular formula is C13H22ClN3O. The molecule has 1 N–H and O–H groups in total. The van der Waals surface area contributed by atoms with E-state index in [-0.39, 0.29) is 22.2 Å². The third-order valence-electron chi connectivity index (χ3n) is 3.43. The van der Waals surface area contributed by atoms with E-state index in [9.17, 15) is 4.79 Å². The Bertz CT molecular complexity index is 464. The summed E-state index contributed by atoms with van der Waals surface area (Å²) in [5.41, 5.74) is 0.304. The van der Waals surface area contributed by atoms with E-state index in [0.29, 0.717) is 5.69 Å². The first kappa shape index (κ1) is 15.0. The van der Waals surface area contributed by atoms with E-state index in [0.717, 1.165) is 12.8 Å². The lowest BCUT2D eigenvalue weighted by Crippen LogP contribution is -2.35. The molecule has 5 heteroatoms. The fourth-order valence-electron chi connectivity index (χ4n) is 1.65. The number of nitrogens with zero attached hydrogens (tertiary/aromatic N) is 2. The fraction of sp³-hybridized carbons (Fsp3) is 0.692. The molecule has 102 valence electrons. The summed E-state index contributed by atoms with van der Waals surface area (Å²) >= 11 is 6.13. The summed E-state index contributed by atoms with van der Waals surface area (Å²) in [6.07, 6.45) is 3.54. The molecule has 0 fully saturated rings. The van der Waals surface area contributed by atoms with Crippen LogP contribution in [0.15, 0.2) is 11.0 Å². The molecular weight excluding hydrogens is 250 g/mol. The Morgan fingerprint density at radius 1 is 1.44 bits per heavy atom. The van der Waals surface area contributed by atoms with Crippen molar-refractivity contribution in [3.63, 3.8) is 0 Å². The summed E-state index contributed by atoms with van der Waals surface area (Å²) in [6, 6.07) is 0.00721. The van der Waals surface area contributed by atoms with Gasteiger partial charge in [0.1, 0.15) is 5.02 Å². The largest absolute Gasteiger partial charge is 0.377 e. The van der Waals surface area contributed by atoms with Gasteiger partial charge in [-0.25, -0.2) is 4.68 Å². The van der Waals surface area contributed by atoms with E-state index >= 15 is 0 Å². The van der Waals surface area contributed by atoms with Gasteiger partial charge in [-0.3, -0.25) is 4.79 Å². The van der Waals surface area contributed by atoms with Gasteiger partial charge >= 0.3 is 0 Å². The van der Waals surface area contributed by atoms with E-state index in [1.165, 1.54) is 4.68 Å². The molecule has 0 aliphatic rings. The number of hydrogen-bond acceptors (Lipinski definition) is 3. The lowest BCUT2D eigenvalue weighted by atomic mass is 9.95. The van der Waals surface area contributed by atoms with E-state index in [1.54, 1.807) is 6.20 Å². The molecule has 18 heavy (non-hydrogen) atoms. The Labute approximate surface area is 113 Å². The third kappa shape index (κ3) is 3.05. The zero-order valence-corrected chi connectivity index (χ0v) is 12.5. The van der Waals surface area contributed by atoms with Crippen LogP contribution in [0.2, 0.25) is 5.02 Å². The predicted molar refractivity (Wildman–Crippen MR) is 76.5 cm³/mol. The Hall–Kier alpha value is -1.03. The summed E-state index contributed by atoms with van der Waals surface area (Å²) in [5, 5.41) is 7.69. The maximum atomic E-state index is 12.0. The minimum atomic E-state index is -0.244. The molecule has 0 aromatic carbocycles. The van der Waals surface area contributed by atoms with E-state index in [1.807, 2.05) is 13.8 Å². The number of nitrogens with one attached hydrogen (secondary N) is 1. The average Bonchev–Trinajstić information content (AvgIpc) is 2.34. The van der Waals surface area contributed by atoms with Crippen molar-refractivity contribution in [1.29, 1.82) is 0 Å². The van der Waals surface area contributed by atoms with Crippen LogP contribution >= 0.6 is 11.6 Å². The Balaban J connectivity index is 3.14. The minimum Gasteiger partial charge on any atom is -0.377 e. The molecule has 1 aromatic heterocycles. The second kappa shape index (κ2) is 5.74. The first-order valence-electron chi connectivity index (χ1n) is 6.40. The second-order valence-corrected chi connectivity index (χ2v) is 5.49. The Morgan fingerprint density at radius 3 is 2.44 bits per heavy atom. The summed E-state index contributed by atoms with van der Waals surface area (Å²) in [7, 11) is 0. The van der Waals surface area contributed by atoms with Gasteiger partial charge in [0.2, 0.25) is 0 Å². The zero-order chi connectivity index (χ0) is 13.9. The monoisotopic (exact) mass is 271 g/mol. The molecule has 0 unspecified atom stereocenters. The molecule has 0 saturated carbocycles. The van der Waals surface area contributed by atoms with Crippen molar-refractivity contribution in [2.45, 2.75) is 59.0 Å². The van der Waals surface area contributed by atoms with Crippen LogP contribution in [-0.2, 0) is 0 Å². The standard InChI is InChI=1S/C13H22ClN3O/c1-6-13(5,7-2)16-10-8-15-17(9(3)4)12(18)11(10)14/h8-9,16H,6-7H2,1-5H3. The molecule has 4 nitrogen and oxygen atoms in total. The fourth-order valence-corrected chi connectivity index (χ4v) is 1.83. The number of anilines is 1. The molecule has 0 radical (unpaired) electrons. The van der Waals surface area contributed by atoms with Gasteiger partial charge in [-0.05, 0) is 33.6 Å². The first-order chi connectivity index (χ1) is 8.34. The van der Waals surface area contributed by atoms with Gasteiger partial charge in [0.05, 0.1) is 17.9 Å². The van der Waals surface area contributed by atoms with Crippen molar-refractivity contribution in [3.05, 3.63) is 21.6 Å². The Kier molecular flexibility index (Phi) is 4.79. The molecule has 1 aromatic rings. The van der Waals surface area contributed by atoms with Gasteiger partial charge in [-0.15, -0.1) is 0 Å². The minimum absolute atomic E-state index is 0.00721. The van der Waals surface area contributed by atoms with Gasteiger partial charge in [-0.1, -0.05) is 25.4 Å². The summed E-state index contributed by atoms with van der Waals surface area (Å²) in [4.78, 5) is 12.0. The SMILES string of the molecule is CCC(C)(CC)Nc1cnn(C(C)C)c(=O)c1Cl. The van der Waals surface area contributed by atoms with Crippen LogP contribution in [0.4, 0.5) is 5.69 Å². The van der Waals surface area contributed by atoms with Crippen LogP contribution in [0.3, 0.4) is 0 Å². The number of aromatic nitrogens is 2. The molecule has 0 aliphatic carbocycles. The highest BCUT2D eigenvalue weighted by Gasteiger charge is 2.21. The van der Waals surface area contributed by atoms with Crippen LogP contribution in [0.25, 0.3) is 0 Å². The second-order valence-electron chi connectivity index (χ2n) is 5.11. The van der Waals surface area contributed by atoms with E-state index in [2.05, 4.69) is 31.2 Å². The molecule has 0 amide bonds. The lowest BCUT2D eigenvalue weighted by Gasteiger charge is -2.29. The maximum absolute atomic E-state index is 12.0.